The van der Waals surface area contributed by atoms with E-state index >= 15 is 0 Å². The fraction of sp³-hybridized carbons (Fsp3) is 0. The van der Waals surface area contributed by atoms with Gasteiger partial charge in [0.05, 0.1) is 16.8 Å². The van der Waals surface area contributed by atoms with Gasteiger partial charge in [-0.15, -0.1) is 0 Å². The molecule has 2 rings (SSSR count). The number of anilines is 2. The molecule has 0 unspecified atom stereocenters. The SMILES string of the molecule is NNc1ccc(C(=O)Nc2ccc([N+](=O)[O-])c(F)c2)nc1. The van der Waals surface area contributed by atoms with Crippen molar-refractivity contribution in [2.75, 3.05) is 10.7 Å². The van der Waals surface area contributed by atoms with Crippen LogP contribution in [0.4, 0.5) is 21.5 Å². The Hall–Kier alpha value is -3.07. The van der Waals surface area contributed by atoms with Crippen LogP contribution in [-0.4, -0.2) is 15.8 Å². The van der Waals surface area contributed by atoms with Crippen molar-refractivity contribution in [3.63, 3.8) is 0 Å². The number of benzene rings is 1. The number of hydrogen-bond acceptors (Lipinski definition) is 6. The maximum absolute atomic E-state index is 13.4. The first-order valence-electron chi connectivity index (χ1n) is 5.69. The lowest BCUT2D eigenvalue weighted by Crippen LogP contribution is -2.14. The Labute approximate surface area is 117 Å². The minimum Gasteiger partial charge on any atom is -0.323 e. The summed E-state index contributed by atoms with van der Waals surface area (Å²) in [6, 6.07) is 6.03. The van der Waals surface area contributed by atoms with E-state index in [1.807, 2.05) is 0 Å². The minimum absolute atomic E-state index is 0.0888. The van der Waals surface area contributed by atoms with Gasteiger partial charge in [-0.05, 0) is 18.2 Å². The van der Waals surface area contributed by atoms with E-state index in [4.69, 9.17) is 5.84 Å². The van der Waals surface area contributed by atoms with E-state index in [9.17, 15) is 19.3 Å². The highest BCUT2D eigenvalue weighted by Gasteiger charge is 2.15. The number of amides is 1. The Morgan fingerprint density at radius 3 is 2.52 bits per heavy atom. The molecule has 0 aliphatic rings. The molecular formula is C12H10FN5O3. The van der Waals surface area contributed by atoms with Gasteiger partial charge < -0.3 is 10.7 Å². The number of nitrogen functional groups attached to an aromatic ring is 1. The molecule has 4 N–H and O–H groups in total. The van der Waals surface area contributed by atoms with E-state index in [0.717, 1.165) is 12.1 Å². The minimum atomic E-state index is -1.03. The summed E-state index contributed by atoms with van der Waals surface area (Å²) in [6.45, 7) is 0. The van der Waals surface area contributed by atoms with Gasteiger partial charge in [-0.1, -0.05) is 0 Å². The van der Waals surface area contributed by atoms with Crippen LogP contribution >= 0.6 is 0 Å². The predicted molar refractivity (Wildman–Crippen MR) is 73.1 cm³/mol. The number of rotatable bonds is 4. The van der Waals surface area contributed by atoms with Crippen molar-refractivity contribution >= 4 is 23.0 Å². The summed E-state index contributed by atoms with van der Waals surface area (Å²) in [5.74, 6) is 3.56. The van der Waals surface area contributed by atoms with Crippen LogP contribution in [0, 0.1) is 15.9 Å². The van der Waals surface area contributed by atoms with Crippen molar-refractivity contribution in [2.24, 2.45) is 5.84 Å². The van der Waals surface area contributed by atoms with Crippen molar-refractivity contribution in [1.82, 2.24) is 4.98 Å². The zero-order chi connectivity index (χ0) is 15.4. The average molecular weight is 291 g/mol. The molecule has 0 radical (unpaired) electrons. The van der Waals surface area contributed by atoms with Gasteiger partial charge in [0.2, 0.25) is 5.82 Å². The van der Waals surface area contributed by atoms with Gasteiger partial charge >= 0.3 is 5.69 Å². The topological polar surface area (TPSA) is 123 Å². The summed E-state index contributed by atoms with van der Waals surface area (Å²) in [4.78, 5) is 25.4. The van der Waals surface area contributed by atoms with E-state index in [0.29, 0.717) is 5.69 Å². The Kier molecular flexibility index (Phi) is 4.05. The molecule has 9 heteroatoms. The van der Waals surface area contributed by atoms with Crippen molar-refractivity contribution in [2.45, 2.75) is 0 Å². The second kappa shape index (κ2) is 5.92. The normalized spacial score (nSPS) is 10.0. The standard InChI is InChI=1S/C12H10FN5O3/c13-9-5-7(2-4-11(9)18(20)21)16-12(19)10-3-1-8(17-14)6-15-10/h1-6,17H,14H2,(H,16,19). The highest BCUT2D eigenvalue weighted by Crippen LogP contribution is 2.21. The third-order valence-electron chi connectivity index (χ3n) is 2.57. The molecule has 1 aromatic heterocycles. The number of nitrogens with zero attached hydrogens (tertiary/aromatic N) is 2. The predicted octanol–water partition coefficient (Wildman–Crippen LogP) is 1.67. The number of halogens is 1. The number of carbonyl (C=O) groups excluding carboxylic acids is 1. The maximum Gasteiger partial charge on any atom is 0.304 e. The molecular weight excluding hydrogens is 281 g/mol. The van der Waals surface area contributed by atoms with E-state index in [1.54, 1.807) is 6.07 Å². The summed E-state index contributed by atoms with van der Waals surface area (Å²) in [5, 5.41) is 12.9. The van der Waals surface area contributed by atoms with Gasteiger partial charge in [0, 0.05) is 17.8 Å². The van der Waals surface area contributed by atoms with Crippen LogP contribution in [0.15, 0.2) is 36.5 Å². The van der Waals surface area contributed by atoms with Gasteiger partial charge in [0.1, 0.15) is 5.69 Å². The lowest BCUT2D eigenvalue weighted by molar-refractivity contribution is -0.387. The van der Waals surface area contributed by atoms with E-state index in [2.05, 4.69) is 15.7 Å². The monoisotopic (exact) mass is 291 g/mol. The number of hydrogen-bond donors (Lipinski definition) is 3. The van der Waals surface area contributed by atoms with Crippen molar-refractivity contribution < 1.29 is 14.1 Å². The van der Waals surface area contributed by atoms with Crippen LogP contribution in [0.3, 0.4) is 0 Å². The summed E-state index contributed by atoms with van der Waals surface area (Å²) in [5.41, 5.74) is 2.40. The number of nitrogens with one attached hydrogen (secondary N) is 2. The number of aromatic nitrogens is 1. The second-order valence-corrected chi connectivity index (χ2v) is 3.95. The second-order valence-electron chi connectivity index (χ2n) is 3.95. The van der Waals surface area contributed by atoms with Crippen molar-refractivity contribution in [3.8, 4) is 0 Å². The third kappa shape index (κ3) is 3.28. The molecule has 0 aliphatic heterocycles. The Balaban J connectivity index is 2.15. The van der Waals surface area contributed by atoms with Crippen LogP contribution in [0.25, 0.3) is 0 Å². The molecule has 0 saturated carbocycles. The fourth-order valence-corrected chi connectivity index (χ4v) is 1.54. The molecule has 0 saturated heterocycles. The molecule has 1 heterocycles. The zero-order valence-corrected chi connectivity index (χ0v) is 10.5. The first-order valence-corrected chi connectivity index (χ1v) is 5.69. The zero-order valence-electron chi connectivity index (χ0n) is 10.5. The van der Waals surface area contributed by atoms with Crippen LogP contribution in [-0.2, 0) is 0 Å². The number of nitrogens with two attached hydrogens (primary N) is 1. The first-order chi connectivity index (χ1) is 10.0. The van der Waals surface area contributed by atoms with Gasteiger partial charge in [0.15, 0.2) is 0 Å². The van der Waals surface area contributed by atoms with Crippen LogP contribution in [0.5, 0.6) is 0 Å². The lowest BCUT2D eigenvalue weighted by Gasteiger charge is -2.05. The molecule has 1 amide bonds. The Morgan fingerprint density at radius 2 is 2.00 bits per heavy atom. The van der Waals surface area contributed by atoms with Gasteiger partial charge in [0.25, 0.3) is 5.91 Å². The lowest BCUT2D eigenvalue weighted by atomic mass is 10.2. The number of nitro groups is 1. The fourth-order valence-electron chi connectivity index (χ4n) is 1.54. The molecule has 1 aromatic carbocycles. The summed E-state index contributed by atoms with van der Waals surface area (Å²) < 4.78 is 13.4. The summed E-state index contributed by atoms with van der Waals surface area (Å²) >= 11 is 0. The highest BCUT2D eigenvalue weighted by molar-refractivity contribution is 6.03. The first kappa shape index (κ1) is 14.3. The maximum atomic E-state index is 13.4. The van der Waals surface area contributed by atoms with E-state index < -0.39 is 22.3 Å². The molecule has 0 fully saturated rings. The van der Waals surface area contributed by atoms with Crippen LogP contribution in [0.1, 0.15) is 10.5 Å². The summed E-state index contributed by atoms with van der Waals surface area (Å²) in [6.07, 6.45) is 1.35. The van der Waals surface area contributed by atoms with Crippen LogP contribution < -0.4 is 16.6 Å². The third-order valence-corrected chi connectivity index (χ3v) is 2.57. The van der Waals surface area contributed by atoms with Gasteiger partial charge in [-0.2, -0.15) is 4.39 Å². The van der Waals surface area contributed by atoms with E-state index in [-0.39, 0.29) is 11.4 Å². The molecule has 21 heavy (non-hydrogen) atoms. The van der Waals surface area contributed by atoms with E-state index in [1.165, 1.54) is 18.3 Å². The number of hydrazine groups is 1. The molecule has 0 bridgehead atoms. The van der Waals surface area contributed by atoms with Crippen molar-refractivity contribution in [3.05, 3.63) is 58.2 Å². The number of pyridine rings is 1. The van der Waals surface area contributed by atoms with Gasteiger partial charge in [-0.25, -0.2) is 4.98 Å². The largest absolute Gasteiger partial charge is 0.323 e. The van der Waals surface area contributed by atoms with Crippen molar-refractivity contribution in [1.29, 1.82) is 0 Å². The number of nitro benzene ring substituents is 1. The smallest absolute Gasteiger partial charge is 0.304 e. The average Bonchev–Trinajstić information content (AvgIpc) is 2.47. The number of carbonyl (C=O) groups is 1. The highest BCUT2D eigenvalue weighted by atomic mass is 19.1. The molecule has 0 spiro atoms. The molecule has 2 aromatic rings. The summed E-state index contributed by atoms with van der Waals surface area (Å²) in [7, 11) is 0. The quantitative estimate of drug-likeness (QED) is 0.447. The molecule has 108 valence electrons. The van der Waals surface area contributed by atoms with Crippen LogP contribution in [0.2, 0.25) is 0 Å². The molecule has 8 nitrogen and oxygen atoms in total. The van der Waals surface area contributed by atoms with Gasteiger partial charge in [-0.3, -0.25) is 20.8 Å². The molecule has 0 atom stereocenters. The molecule has 0 aliphatic carbocycles. The Bertz CT molecular complexity index is 690. The Morgan fingerprint density at radius 1 is 1.29 bits per heavy atom.